The van der Waals surface area contributed by atoms with Crippen LogP contribution in [0, 0.1) is 0 Å². The Bertz CT molecular complexity index is 323. The van der Waals surface area contributed by atoms with Crippen LogP contribution in [0.2, 0.25) is 0 Å². The molecule has 2 N–H and O–H groups in total. The van der Waals surface area contributed by atoms with Crippen molar-refractivity contribution in [3.63, 3.8) is 0 Å². The zero-order chi connectivity index (χ0) is 10.8. The molecule has 0 atom stereocenters. The summed E-state index contributed by atoms with van der Waals surface area (Å²) in [6.07, 6.45) is 0. The Morgan fingerprint density at radius 2 is 2.07 bits per heavy atom. The maximum absolute atomic E-state index is 5.75. The first-order chi connectivity index (χ1) is 6.53. The smallest absolute Gasteiger partial charge is 0.123 e. The van der Waals surface area contributed by atoms with Crippen LogP contribution in [0.25, 0.3) is 0 Å². The minimum atomic E-state index is -0.0779. The second kappa shape index (κ2) is 4.32. The lowest BCUT2D eigenvalue weighted by molar-refractivity contribution is 0.393. The summed E-state index contributed by atoms with van der Waals surface area (Å²) in [5.41, 5.74) is 6.81. The molecule has 1 aromatic carbocycles. The van der Waals surface area contributed by atoms with Gasteiger partial charge in [0.2, 0.25) is 0 Å². The van der Waals surface area contributed by atoms with Crippen molar-refractivity contribution in [2.24, 2.45) is 5.73 Å². The lowest BCUT2D eigenvalue weighted by Gasteiger charge is -2.26. The number of nitrogens with two attached hydrogens (primary N) is 1. The molecule has 0 aromatic heterocycles. The molecular weight excluding hydrogens is 242 g/mol. The van der Waals surface area contributed by atoms with E-state index >= 15 is 0 Å². The molecule has 2 nitrogen and oxygen atoms in total. The van der Waals surface area contributed by atoms with Crippen molar-refractivity contribution in [2.45, 2.75) is 19.3 Å². The Hall–Kier alpha value is -0.540. The van der Waals surface area contributed by atoms with Gasteiger partial charge < -0.3 is 10.5 Å². The van der Waals surface area contributed by atoms with Crippen molar-refractivity contribution in [3.8, 4) is 5.75 Å². The first kappa shape index (κ1) is 11.5. The van der Waals surface area contributed by atoms with Crippen LogP contribution in [-0.4, -0.2) is 13.7 Å². The third-order valence-electron chi connectivity index (χ3n) is 2.38. The van der Waals surface area contributed by atoms with Crippen molar-refractivity contribution in [1.82, 2.24) is 0 Å². The maximum atomic E-state index is 5.75. The van der Waals surface area contributed by atoms with E-state index in [-0.39, 0.29) is 5.41 Å². The normalized spacial score (nSPS) is 11.5. The van der Waals surface area contributed by atoms with E-state index in [0.29, 0.717) is 6.54 Å². The van der Waals surface area contributed by atoms with E-state index in [4.69, 9.17) is 10.5 Å². The molecule has 0 saturated heterocycles. The van der Waals surface area contributed by atoms with Crippen molar-refractivity contribution in [2.75, 3.05) is 13.7 Å². The minimum Gasteiger partial charge on any atom is -0.496 e. The van der Waals surface area contributed by atoms with Crippen LogP contribution < -0.4 is 10.5 Å². The van der Waals surface area contributed by atoms with E-state index in [1.165, 1.54) is 0 Å². The first-order valence-electron chi connectivity index (χ1n) is 4.56. The highest BCUT2D eigenvalue weighted by molar-refractivity contribution is 9.10. The first-order valence-corrected chi connectivity index (χ1v) is 5.35. The second-order valence-electron chi connectivity index (χ2n) is 3.91. The zero-order valence-electron chi connectivity index (χ0n) is 8.80. The molecule has 0 amide bonds. The van der Waals surface area contributed by atoms with Gasteiger partial charge in [-0.3, -0.25) is 0 Å². The van der Waals surface area contributed by atoms with Gasteiger partial charge in [-0.05, 0) is 12.1 Å². The lowest BCUT2D eigenvalue weighted by Crippen LogP contribution is -2.29. The Kier molecular flexibility index (Phi) is 3.56. The third kappa shape index (κ3) is 2.10. The average Bonchev–Trinajstić information content (AvgIpc) is 2.17. The summed E-state index contributed by atoms with van der Waals surface area (Å²) in [7, 11) is 1.68. The van der Waals surface area contributed by atoms with Crippen LogP contribution >= 0.6 is 15.9 Å². The van der Waals surface area contributed by atoms with Gasteiger partial charge in [-0.25, -0.2) is 0 Å². The molecule has 0 unspecified atom stereocenters. The molecular formula is C11H16BrNO. The highest BCUT2D eigenvalue weighted by Gasteiger charge is 2.25. The number of hydrogen-bond acceptors (Lipinski definition) is 2. The standard InChI is InChI=1S/C11H16BrNO/c1-11(2,7-13)10-8(12)5-4-6-9(10)14-3/h4-6H,7,13H2,1-3H3. The summed E-state index contributed by atoms with van der Waals surface area (Å²) in [6.45, 7) is 4.80. The van der Waals surface area contributed by atoms with Gasteiger partial charge in [0, 0.05) is 22.0 Å². The van der Waals surface area contributed by atoms with Gasteiger partial charge in [0.1, 0.15) is 5.75 Å². The summed E-state index contributed by atoms with van der Waals surface area (Å²) >= 11 is 3.53. The molecule has 78 valence electrons. The van der Waals surface area contributed by atoms with Gasteiger partial charge in [-0.15, -0.1) is 0 Å². The highest BCUT2D eigenvalue weighted by Crippen LogP contribution is 2.36. The zero-order valence-corrected chi connectivity index (χ0v) is 10.4. The minimum absolute atomic E-state index is 0.0779. The predicted octanol–water partition coefficient (Wildman–Crippen LogP) is 2.69. The molecule has 0 aliphatic rings. The number of hydrogen-bond donors (Lipinski definition) is 1. The van der Waals surface area contributed by atoms with E-state index < -0.39 is 0 Å². The Balaban J connectivity index is 3.30. The molecule has 0 bridgehead atoms. The number of methoxy groups -OCH3 is 1. The second-order valence-corrected chi connectivity index (χ2v) is 4.76. The van der Waals surface area contributed by atoms with Gasteiger partial charge in [0.05, 0.1) is 7.11 Å². The SMILES string of the molecule is COc1cccc(Br)c1C(C)(C)CN. The van der Waals surface area contributed by atoms with Gasteiger partial charge in [0.15, 0.2) is 0 Å². The largest absolute Gasteiger partial charge is 0.496 e. The highest BCUT2D eigenvalue weighted by atomic mass is 79.9. The summed E-state index contributed by atoms with van der Waals surface area (Å²) in [5.74, 6) is 0.884. The molecule has 0 heterocycles. The Labute approximate surface area is 93.6 Å². The molecule has 0 aliphatic carbocycles. The van der Waals surface area contributed by atoms with Crippen LogP contribution in [0.3, 0.4) is 0 Å². The van der Waals surface area contributed by atoms with E-state index in [1.54, 1.807) is 7.11 Å². The molecule has 0 radical (unpaired) electrons. The van der Waals surface area contributed by atoms with Crippen molar-refractivity contribution < 1.29 is 4.74 Å². The fraction of sp³-hybridized carbons (Fsp3) is 0.455. The van der Waals surface area contributed by atoms with E-state index in [0.717, 1.165) is 15.8 Å². The fourth-order valence-electron chi connectivity index (χ4n) is 1.43. The van der Waals surface area contributed by atoms with Gasteiger partial charge >= 0.3 is 0 Å². The summed E-state index contributed by atoms with van der Waals surface area (Å²) in [4.78, 5) is 0. The number of ether oxygens (including phenoxy) is 1. The summed E-state index contributed by atoms with van der Waals surface area (Å²) < 4.78 is 6.38. The van der Waals surface area contributed by atoms with E-state index in [9.17, 15) is 0 Å². The van der Waals surface area contributed by atoms with Crippen LogP contribution in [0.1, 0.15) is 19.4 Å². The van der Waals surface area contributed by atoms with Crippen LogP contribution in [0.15, 0.2) is 22.7 Å². The van der Waals surface area contributed by atoms with Gasteiger partial charge in [0.25, 0.3) is 0 Å². The lowest BCUT2D eigenvalue weighted by atomic mass is 9.84. The van der Waals surface area contributed by atoms with Crippen LogP contribution in [0.5, 0.6) is 5.75 Å². The predicted molar refractivity (Wildman–Crippen MR) is 62.8 cm³/mol. The third-order valence-corrected chi connectivity index (χ3v) is 3.04. The topological polar surface area (TPSA) is 35.2 Å². The van der Waals surface area contributed by atoms with Gasteiger partial charge in [-0.1, -0.05) is 35.8 Å². The van der Waals surface area contributed by atoms with Crippen molar-refractivity contribution in [3.05, 3.63) is 28.2 Å². The average molecular weight is 258 g/mol. The molecule has 1 aromatic rings. The molecule has 0 spiro atoms. The molecule has 0 saturated carbocycles. The van der Waals surface area contributed by atoms with Crippen molar-refractivity contribution >= 4 is 15.9 Å². The van der Waals surface area contributed by atoms with Crippen molar-refractivity contribution in [1.29, 1.82) is 0 Å². The van der Waals surface area contributed by atoms with Crippen LogP contribution in [0.4, 0.5) is 0 Å². The Morgan fingerprint density at radius 1 is 1.43 bits per heavy atom. The quantitative estimate of drug-likeness (QED) is 0.904. The summed E-state index contributed by atoms with van der Waals surface area (Å²) in [6, 6.07) is 5.92. The molecule has 14 heavy (non-hydrogen) atoms. The molecule has 3 heteroatoms. The fourth-order valence-corrected chi connectivity index (χ4v) is 2.32. The van der Waals surface area contributed by atoms with E-state index in [2.05, 4.69) is 29.8 Å². The number of benzene rings is 1. The summed E-state index contributed by atoms with van der Waals surface area (Å²) in [5, 5.41) is 0. The molecule has 0 aliphatic heterocycles. The van der Waals surface area contributed by atoms with Gasteiger partial charge in [-0.2, -0.15) is 0 Å². The number of rotatable bonds is 3. The molecule has 1 rings (SSSR count). The monoisotopic (exact) mass is 257 g/mol. The Morgan fingerprint density at radius 3 is 2.57 bits per heavy atom. The van der Waals surface area contributed by atoms with E-state index in [1.807, 2.05) is 18.2 Å². The number of halogens is 1. The maximum Gasteiger partial charge on any atom is 0.123 e. The molecule has 0 fully saturated rings. The van der Waals surface area contributed by atoms with Crippen LogP contribution in [-0.2, 0) is 5.41 Å².